The summed E-state index contributed by atoms with van der Waals surface area (Å²) in [5, 5.41) is 2.98. The van der Waals surface area contributed by atoms with Gasteiger partial charge < -0.3 is 10.2 Å². The van der Waals surface area contributed by atoms with Crippen LogP contribution < -0.4 is 5.32 Å². The second kappa shape index (κ2) is 6.46. The van der Waals surface area contributed by atoms with Crippen molar-refractivity contribution in [3.63, 3.8) is 0 Å². The third kappa shape index (κ3) is 3.75. The van der Waals surface area contributed by atoms with E-state index < -0.39 is 0 Å². The number of hydrogen-bond acceptors (Lipinski definition) is 3. The highest BCUT2D eigenvalue weighted by Gasteiger charge is 2.35. The monoisotopic (exact) mass is 282 g/mol. The van der Waals surface area contributed by atoms with E-state index in [0.717, 1.165) is 18.5 Å². The average molecular weight is 282 g/mol. The number of rotatable bonds is 5. The van der Waals surface area contributed by atoms with E-state index in [2.05, 4.69) is 5.32 Å². The van der Waals surface area contributed by atoms with Crippen LogP contribution in [0, 0.1) is 5.92 Å². The van der Waals surface area contributed by atoms with Crippen molar-refractivity contribution in [2.24, 2.45) is 5.92 Å². The van der Waals surface area contributed by atoms with E-state index in [9.17, 15) is 9.59 Å². The largest absolute Gasteiger partial charge is 0.354 e. The Labute approximate surface area is 119 Å². The molecular formula is C14H22N2O2S. The molecule has 1 N–H and O–H groups in total. The normalized spacial score (nSPS) is 23.6. The molecule has 1 heterocycles. The Morgan fingerprint density at radius 2 is 2.16 bits per heavy atom. The second-order valence-corrected chi connectivity index (χ2v) is 6.27. The van der Waals surface area contributed by atoms with Crippen LogP contribution in [-0.4, -0.2) is 40.9 Å². The third-order valence-corrected chi connectivity index (χ3v) is 4.57. The first-order valence-electron chi connectivity index (χ1n) is 6.96. The zero-order valence-electron chi connectivity index (χ0n) is 11.6. The van der Waals surface area contributed by atoms with Gasteiger partial charge in [-0.25, -0.2) is 0 Å². The number of carbonyl (C=O) groups is 2. The molecule has 4 nitrogen and oxygen atoms in total. The van der Waals surface area contributed by atoms with Gasteiger partial charge in [-0.15, -0.1) is 11.8 Å². The highest BCUT2D eigenvalue weighted by molar-refractivity contribution is 7.99. The van der Waals surface area contributed by atoms with Crippen LogP contribution in [0.4, 0.5) is 0 Å². The van der Waals surface area contributed by atoms with Gasteiger partial charge >= 0.3 is 0 Å². The van der Waals surface area contributed by atoms with Crippen molar-refractivity contribution in [3.8, 4) is 0 Å². The lowest BCUT2D eigenvalue weighted by Crippen LogP contribution is -2.47. The minimum Gasteiger partial charge on any atom is -0.354 e. The summed E-state index contributed by atoms with van der Waals surface area (Å²) >= 11 is 1.65. The molecule has 0 aromatic carbocycles. The number of amides is 2. The molecule has 2 rings (SSSR count). The van der Waals surface area contributed by atoms with Crippen molar-refractivity contribution in [2.75, 3.05) is 18.2 Å². The van der Waals surface area contributed by atoms with Gasteiger partial charge in [-0.3, -0.25) is 9.59 Å². The molecule has 0 aromatic heterocycles. The van der Waals surface area contributed by atoms with E-state index >= 15 is 0 Å². The molecule has 0 aromatic rings. The van der Waals surface area contributed by atoms with Crippen molar-refractivity contribution in [1.82, 2.24) is 10.2 Å². The van der Waals surface area contributed by atoms with Crippen molar-refractivity contribution >= 4 is 23.6 Å². The Bertz CT molecular complexity index is 391. The number of nitrogens with one attached hydrogen (secondary N) is 1. The van der Waals surface area contributed by atoms with E-state index in [-0.39, 0.29) is 17.9 Å². The van der Waals surface area contributed by atoms with Crippen LogP contribution in [0.25, 0.3) is 0 Å². The van der Waals surface area contributed by atoms with Gasteiger partial charge in [-0.1, -0.05) is 13.0 Å². The van der Waals surface area contributed by atoms with Crippen LogP contribution in [0.15, 0.2) is 11.6 Å². The standard InChI is InChI=1S/C14H22N2O2S/c1-3-4-10(2)14(18)16-9-19-8-12(16)13(17)15-7-11-5-6-11/h4,11-12H,3,5-9H2,1-2H3,(H,15,17)/b10-4-. The molecule has 0 bridgehead atoms. The number of nitrogens with zero attached hydrogens (tertiary/aromatic N) is 1. The van der Waals surface area contributed by atoms with Crippen LogP contribution in [0.5, 0.6) is 0 Å². The summed E-state index contributed by atoms with van der Waals surface area (Å²) in [5.41, 5.74) is 0.741. The fourth-order valence-electron chi connectivity index (χ4n) is 2.16. The van der Waals surface area contributed by atoms with E-state index in [0.29, 0.717) is 17.5 Å². The predicted octanol–water partition coefficient (Wildman–Crippen LogP) is 1.77. The van der Waals surface area contributed by atoms with Crippen molar-refractivity contribution in [2.45, 2.75) is 39.2 Å². The number of allylic oxidation sites excluding steroid dienone is 1. The molecule has 1 atom stereocenters. The molecule has 1 saturated heterocycles. The van der Waals surface area contributed by atoms with Crippen LogP contribution >= 0.6 is 11.8 Å². The summed E-state index contributed by atoms with van der Waals surface area (Å²) in [6.07, 6.45) is 5.21. The Morgan fingerprint density at radius 1 is 1.42 bits per heavy atom. The van der Waals surface area contributed by atoms with Gasteiger partial charge in [0.15, 0.2) is 0 Å². The van der Waals surface area contributed by atoms with Crippen LogP contribution in [-0.2, 0) is 9.59 Å². The maximum atomic E-state index is 12.3. The smallest absolute Gasteiger partial charge is 0.250 e. The molecule has 2 aliphatic rings. The van der Waals surface area contributed by atoms with Crippen molar-refractivity contribution in [3.05, 3.63) is 11.6 Å². The SMILES string of the molecule is CC/C=C(/C)C(=O)N1CSCC1C(=O)NCC1CC1. The lowest BCUT2D eigenvalue weighted by molar-refractivity contribution is -0.135. The highest BCUT2D eigenvalue weighted by atomic mass is 32.2. The van der Waals surface area contributed by atoms with E-state index in [1.54, 1.807) is 16.7 Å². The van der Waals surface area contributed by atoms with Crippen LogP contribution in [0.2, 0.25) is 0 Å². The molecule has 106 valence electrons. The summed E-state index contributed by atoms with van der Waals surface area (Å²) in [6, 6.07) is -0.295. The number of carbonyl (C=O) groups excluding carboxylic acids is 2. The Balaban J connectivity index is 1.93. The predicted molar refractivity (Wildman–Crippen MR) is 77.7 cm³/mol. The minimum absolute atomic E-state index is 0.00146. The van der Waals surface area contributed by atoms with Crippen LogP contribution in [0.1, 0.15) is 33.1 Å². The molecule has 0 spiro atoms. The molecule has 1 unspecified atom stereocenters. The molecule has 2 amide bonds. The molecule has 0 radical (unpaired) electrons. The highest BCUT2D eigenvalue weighted by Crippen LogP contribution is 2.28. The molecule has 2 fully saturated rings. The Kier molecular flexibility index (Phi) is 4.91. The van der Waals surface area contributed by atoms with Gasteiger partial charge in [0.05, 0.1) is 5.88 Å². The maximum Gasteiger partial charge on any atom is 0.250 e. The lowest BCUT2D eigenvalue weighted by Gasteiger charge is -2.23. The maximum absolute atomic E-state index is 12.3. The molecule has 5 heteroatoms. The molecule has 1 saturated carbocycles. The van der Waals surface area contributed by atoms with Gasteiger partial charge in [-0.05, 0) is 32.1 Å². The fourth-order valence-corrected chi connectivity index (χ4v) is 3.32. The minimum atomic E-state index is -0.295. The second-order valence-electron chi connectivity index (χ2n) is 5.27. The molecular weight excluding hydrogens is 260 g/mol. The Morgan fingerprint density at radius 3 is 2.79 bits per heavy atom. The first-order valence-corrected chi connectivity index (χ1v) is 8.12. The van der Waals surface area contributed by atoms with Crippen molar-refractivity contribution in [1.29, 1.82) is 0 Å². The van der Waals surface area contributed by atoms with Gasteiger partial charge in [0.2, 0.25) is 5.91 Å². The average Bonchev–Trinajstić information content (AvgIpc) is 3.10. The molecule has 19 heavy (non-hydrogen) atoms. The lowest BCUT2D eigenvalue weighted by atomic mass is 10.2. The molecule has 1 aliphatic carbocycles. The quantitative estimate of drug-likeness (QED) is 0.782. The van der Waals surface area contributed by atoms with Gasteiger partial charge in [0.1, 0.15) is 6.04 Å². The molecule has 1 aliphatic heterocycles. The zero-order chi connectivity index (χ0) is 13.8. The Hall–Kier alpha value is -0.970. The summed E-state index contributed by atoms with van der Waals surface area (Å²) in [6.45, 7) is 4.61. The third-order valence-electron chi connectivity index (χ3n) is 3.56. The summed E-state index contributed by atoms with van der Waals surface area (Å²) in [5.74, 6) is 2.01. The summed E-state index contributed by atoms with van der Waals surface area (Å²) < 4.78 is 0. The summed E-state index contributed by atoms with van der Waals surface area (Å²) in [7, 11) is 0. The van der Waals surface area contributed by atoms with Gasteiger partial charge in [-0.2, -0.15) is 0 Å². The topological polar surface area (TPSA) is 49.4 Å². The van der Waals surface area contributed by atoms with Crippen molar-refractivity contribution < 1.29 is 9.59 Å². The number of hydrogen-bond donors (Lipinski definition) is 1. The summed E-state index contributed by atoms with van der Waals surface area (Å²) in [4.78, 5) is 26.1. The van der Waals surface area contributed by atoms with Gasteiger partial charge in [0.25, 0.3) is 5.91 Å². The zero-order valence-corrected chi connectivity index (χ0v) is 12.5. The first kappa shape index (κ1) is 14.4. The van der Waals surface area contributed by atoms with Crippen LogP contribution in [0.3, 0.4) is 0 Å². The van der Waals surface area contributed by atoms with Gasteiger partial charge in [0, 0.05) is 17.9 Å². The van der Waals surface area contributed by atoms with E-state index in [1.165, 1.54) is 12.8 Å². The fraction of sp³-hybridized carbons (Fsp3) is 0.714. The van der Waals surface area contributed by atoms with E-state index in [4.69, 9.17) is 0 Å². The van der Waals surface area contributed by atoms with E-state index in [1.807, 2.05) is 19.9 Å². The first-order chi connectivity index (χ1) is 9.13. The number of thioether (sulfide) groups is 1.